The molecule has 1 amide bonds. The van der Waals surface area contributed by atoms with E-state index in [1.54, 1.807) is 14.1 Å². The fourth-order valence-electron chi connectivity index (χ4n) is 0.394. The monoisotopic (exact) mass is 160 g/mol. The Labute approximate surface area is 69.6 Å². The van der Waals surface area contributed by atoms with Crippen LogP contribution in [0.1, 0.15) is 26.2 Å². The molecule has 3 heteroatoms. The van der Waals surface area contributed by atoms with Crippen LogP contribution in [0.2, 0.25) is 0 Å². The normalized spacial score (nSPS) is 8.00. The highest BCUT2D eigenvalue weighted by molar-refractivity contribution is 5.45. The van der Waals surface area contributed by atoms with Crippen LogP contribution in [0.15, 0.2) is 0 Å². The lowest BCUT2D eigenvalue weighted by Crippen LogP contribution is -2.06. The van der Waals surface area contributed by atoms with Gasteiger partial charge in [0.1, 0.15) is 0 Å². The van der Waals surface area contributed by atoms with Crippen LogP contribution in [0.4, 0.5) is 0 Å². The molecule has 0 fully saturated rings. The second-order valence-electron chi connectivity index (χ2n) is 2.56. The number of hydrogen-bond donors (Lipinski definition) is 1. The molecule has 0 bridgehead atoms. The molecule has 0 aromatic rings. The number of rotatable bonds is 4. The van der Waals surface area contributed by atoms with Crippen LogP contribution in [0.25, 0.3) is 0 Å². The minimum absolute atomic E-state index is 0.750. The second kappa shape index (κ2) is 12.1. The Morgan fingerprint density at radius 3 is 1.91 bits per heavy atom. The number of amides is 1. The summed E-state index contributed by atoms with van der Waals surface area (Å²) < 4.78 is 0. The van der Waals surface area contributed by atoms with E-state index in [0.717, 1.165) is 13.0 Å². The minimum Gasteiger partial charge on any atom is -0.351 e. The Balaban J connectivity index is 0. The summed E-state index contributed by atoms with van der Waals surface area (Å²) in [7, 11) is 3.38. The van der Waals surface area contributed by atoms with Crippen molar-refractivity contribution in [3.05, 3.63) is 0 Å². The highest BCUT2D eigenvalue weighted by atomic mass is 16.1. The summed E-state index contributed by atoms with van der Waals surface area (Å²) in [6.07, 6.45) is 4.50. The van der Waals surface area contributed by atoms with Crippen molar-refractivity contribution >= 4 is 6.41 Å². The van der Waals surface area contributed by atoms with E-state index in [1.165, 1.54) is 24.2 Å². The molecule has 0 unspecified atom stereocenters. The highest BCUT2D eigenvalue weighted by Crippen LogP contribution is 1.88. The smallest absolute Gasteiger partial charge is 0.209 e. The van der Waals surface area contributed by atoms with E-state index in [1.807, 2.05) is 0 Å². The van der Waals surface area contributed by atoms with Gasteiger partial charge < -0.3 is 10.6 Å². The Kier molecular flexibility index (Phi) is 14.4. The third-order valence-electron chi connectivity index (χ3n) is 1.02. The van der Waals surface area contributed by atoms with Crippen LogP contribution in [0, 0.1) is 0 Å². The molecule has 0 spiro atoms. The van der Waals surface area contributed by atoms with E-state index in [-0.39, 0.29) is 0 Å². The number of nitrogens with two attached hydrogens (primary N) is 1. The van der Waals surface area contributed by atoms with Crippen LogP contribution in [0.3, 0.4) is 0 Å². The molecule has 0 aromatic heterocycles. The van der Waals surface area contributed by atoms with E-state index in [4.69, 9.17) is 5.73 Å². The average molecular weight is 160 g/mol. The van der Waals surface area contributed by atoms with Crippen LogP contribution >= 0.6 is 0 Å². The maximum absolute atomic E-state index is 9.43. The first-order valence-electron chi connectivity index (χ1n) is 4.00. The lowest BCUT2D eigenvalue weighted by atomic mass is 10.3. The molecule has 0 aliphatic heterocycles. The quantitative estimate of drug-likeness (QED) is 0.489. The number of unbranched alkanes of at least 4 members (excludes halogenated alkanes) is 2. The fourth-order valence-corrected chi connectivity index (χ4v) is 0.394. The maximum atomic E-state index is 9.43. The molecule has 0 heterocycles. The second-order valence-corrected chi connectivity index (χ2v) is 2.56. The zero-order valence-electron chi connectivity index (χ0n) is 7.84. The first-order chi connectivity index (χ1) is 5.18. The predicted octanol–water partition coefficient (Wildman–Crippen LogP) is 0.840. The molecule has 2 N–H and O–H groups in total. The number of carbonyl (C=O) groups is 1. The van der Waals surface area contributed by atoms with E-state index in [9.17, 15) is 4.79 Å². The molecule has 0 aliphatic carbocycles. The Morgan fingerprint density at radius 1 is 1.36 bits per heavy atom. The van der Waals surface area contributed by atoms with Crippen molar-refractivity contribution in [1.29, 1.82) is 0 Å². The van der Waals surface area contributed by atoms with Gasteiger partial charge in [0.15, 0.2) is 0 Å². The molecule has 11 heavy (non-hydrogen) atoms. The van der Waals surface area contributed by atoms with Gasteiger partial charge in [-0.15, -0.1) is 0 Å². The summed E-state index contributed by atoms with van der Waals surface area (Å²) in [6, 6.07) is 0. The zero-order valence-corrected chi connectivity index (χ0v) is 7.84. The summed E-state index contributed by atoms with van der Waals surface area (Å²) in [4.78, 5) is 10.9. The molecule has 0 saturated heterocycles. The standard InChI is InChI=1S/C5H13N.C3H7NO/c1-2-3-4-5-6;1-4(2)3-5/h2-6H2,1H3;3H,1-2H3. The van der Waals surface area contributed by atoms with Gasteiger partial charge in [-0.05, 0) is 13.0 Å². The molecular formula is C8H20N2O. The molecule has 0 radical (unpaired) electrons. The minimum atomic E-state index is 0.750. The van der Waals surface area contributed by atoms with Crippen molar-refractivity contribution < 1.29 is 4.79 Å². The first kappa shape index (κ1) is 13.1. The van der Waals surface area contributed by atoms with Crippen molar-refractivity contribution in [2.45, 2.75) is 26.2 Å². The third-order valence-corrected chi connectivity index (χ3v) is 1.02. The van der Waals surface area contributed by atoms with E-state index in [2.05, 4.69) is 6.92 Å². The van der Waals surface area contributed by atoms with Gasteiger partial charge in [-0.3, -0.25) is 4.79 Å². The van der Waals surface area contributed by atoms with E-state index < -0.39 is 0 Å². The van der Waals surface area contributed by atoms with Gasteiger partial charge in [-0.1, -0.05) is 19.8 Å². The van der Waals surface area contributed by atoms with E-state index in [0.29, 0.717) is 0 Å². The van der Waals surface area contributed by atoms with Gasteiger partial charge in [-0.25, -0.2) is 0 Å². The number of nitrogens with zero attached hydrogens (tertiary/aromatic N) is 1. The Morgan fingerprint density at radius 2 is 1.82 bits per heavy atom. The van der Waals surface area contributed by atoms with Gasteiger partial charge in [0, 0.05) is 14.1 Å². The van der Waals surface area contributed by atoms with Gasteiger partial charge >= 0.3 is 0 Å². The summed E-state index contributed by atoms with van der Waals surface area (Å²) in [5, 5.41) is 0. The molecule has 68 valence electrons. The lowest BCUT2D eigenvalue weighted by molar-refractivity contribution is -0.115. The van der Waals surface area contributed by atoms with Crippen molar-refractivity contribution in [2.75, 3.05) is 20.6 Å². The summed E-state index contributed by atoms with van der Waals surface area (Å²) in [6.45, 7) is 3.03. The van der Waals surface area contributed by atoms with Crippen LogP contribution in [0.5, 0.6) is 0 Å². The van der Waals surface area contributed by atoms with E-state index >= 15 is 0 Å². The van der Waals surface area contributed by atoms with Crippen molar-refractivity contribution in [3.8, 4) is 0 Å². The highest BCUT2D eigenvalue weighted by Gasteiger charge is 1.75. The van der Waals surface area contributed by atoms with Gasteiger partial charge in [-0.2, -0.15) is 0 Å². The first-order valence-corrected chi connectivity index (χ1v) is 4.00. The third kappa shape index (κ3) is 26.5. The molecule has 0 rings (SSSR count). The predicted molar refractivity (Wildman–Crippen MR) is 48.3 cm³/mol. The van der Waals surface area contributed by atoms with Crippen molar-refractivity contribution in [2.24, 2.45) is 5.73 Å². The SMILES string of the molecule is CCCCCN.CN(C)C=O. The fraction of sp³-hybridized carbons (Fsp3) is 0.875. The van der Waals surface area contributed by atoms with Crippen LogP contribution in [-0.2, 0) is 4.79 Å². The molecule has 0 aliphatic rings. The largest absolute Gasteiger partial charge is 0.351 e. The molecule has 3 nitrogen and oxygen atoms in total. The summed E-state index contributed by atoms with van der Waals surface area (Å²) >= 11 is 0. The van der Waals surface area contributed by atoms with Gasteiger partial charge in [0.05, 0.1) is 0 Å². The maximum Gasteiger partial charge on any atom is 0.209 e. The van der Waals surface area contributed by atoms with Gasteiger partial charge in [0.2, 0.25) is 6.41 Å². The molecular weight excluding hydrogens is 140 g/mol. The van der Waals surface area contributed by atoms with Gasteiger partial charge in [0.25, 0.3) is 0 Å². The number of hydrogen-bond acceptors (Lipinski definition) is 2. The van der Waals surface area contributed by atoms with Crippen LogP contribution in [-0.4, -0.2) is 32.0 Å². The summed E-state index contributed by atoms with van der Waals surface area (Å²) in [5.41, 5.74) is 5.21. The van der Waals surface area contributed by atoms with Crippen LogP contribution < -0.4 is 5.73 Å². The van der Waals surface area contributed by atoms with Crippen molar-refractivity contribution in [3.63, 3.8) is 0 Å². The van der Waals surface area contributed by atoms with Crippen molar-refractivity contribution in [1.82, 2.24) is 4.90 Å². The Bertz CT molecular complexity index is 70.5. The summed E-state index contributed by atoms with van der Waals surface area (Å²) in [5.74, 6) is 0. The molecule has 0 atom stereocenters. The topological polar surface area (TPSA) is 46.3 Å². The molecule has 0 aromatic carbocycles. The Hall–Kier alpha value is -0.570. The zero-order chi connectivity index (χ0) is 9.11. The average Bonchev–Trinajstić information content (AvgIpc) is 2.02. The lowest BCUT2D eigenvalue weighted by Gasteiger charge is -1.93. The molecule has 0 saturated carbocycles. The number of carbonyl (C=O) groups excluding carboxylic acids is 1.